The van der Waals surface area contributed by atoms with E-state index in [1.807, 2.05) is 0 Å². The molecule has 6 fully saturated rings. The van der Waals surface area contributed by atoms with E-state index in [1.165, 1.54) is 0 Å². The van der Waals surface area contributed by atoms with Crippen molar-refractivity contribution in [2.24, 2.45) is 0 Å². The predicted octanol–water partition coefficient (Wildman–Crippen LogP) is 1.77. The standard InChI is InChI=1S/C20H42O18Si8/c1-9-24-18(21)12-15-44-31-39(4)27-40(5)29-42(7,34-44)36-46(17-14-20(23)26-11-3)37-43(8,35-44)30-41(6,28-39)33-45(32-40,38-46)16-13-19(22)25-10-2/h9-17H2,1-8H3. The largest absolute Gasteiger partial charge is 0.479 e. The van der Waals surface area contributed by atoms with E-state index in [1.54, 1.807) is 53.5 Å². The molecule has 26 heteroatoms. The second kappa shape index (κ2) is 13.1. The van der Waals surface area contributed by atoms with Gasteiger partial charge in [0.2, 0.25) is 0 Å². The normalized spacial score (nSPS) is 44.3. The van der Waals surface area contributed by atoms with Crippen molar-refractivity contribution in [3.63, 3.8) is 0 Å². The van der Waals surface area contributed by atoms with Crippen LogP contribution in [-0.4, -0.2) is 108 Å². The van der Waals surface area contributed by atoms with E-state index in [9.17, 15) is 14.4 Å². The molecule has 0 radical (unpaired) electrons. The van der Waals surface area contributed by atoms with Crippen molar-refractivity contribution in [2.75, 3.05) is 19.8 Å². The summed E-state index contributed by atoms with van der Waals surface area (Å²) in [4.78, 5) is 37.9. The third-order valence-electron chi connectivity index (χ3n) is 7.00. The zero-order valence-corrected chi connectivity index (χ0v) is 35.2. The van der Waals surface area contributed by atoms with Gasteiger partial charge >= 0.3 is 88.3 Å². The molecule has 6 heterocycles. The SMILES string of the molecule is CCOC(=O)CC[Si]12O[Si]3(C)O[Si]4(C)O[Si](C)(O1)O[Si]1(CCC(=O)OCC)O[Si](C)(O[Si](C)(O3)O[Si](CCC(=O)OCC)(O4)O1)O2. The molecular formula is C20H42O18Si8. The van der Waals surface area contributed by atoms with Crippen LogP contribution in [0.5, 0.6) is 0 Å². The first kappa shape index (κ1) is 36.9. The number of carbonyl (C=O) groups excluding carboxylic acids is 3. The highest BCUT2D eigenvalue weighted by atomic mass is 28.6. The van der Waals surface area contributed by atoms with Gasteiger partial charge in [0.1, 0.15) is 0 Å². The Balaban J connectivity index is 1.67. The molecule has 262 valence electrons. The second-order valence-electron chi connectivity index (χ2n) is 11.5. The third-order valence-corrected chi connectivity index (χ3v) is 43.0. The van der Waals surface area contributed by atoms with Crippen LogP contribution in [0.4, 0.5) is 0 Å². The maximum Gasteiger partial charge on any atom is 0.479 e. The van der Waals surface area contributed by atoms with Crippen LogP contribution in [0, 0.1) is 0 Å². The summed E-state index contributed by atoms with van der Waals surface area (Å²) in [5.74, 6) is -1.52. The molecule has 0 saturated carbocycles. The van der Waals surface area contributed by atoms with Gasteiger partial charge in [0.15, 0.2) is 0 Å². The zero-order chi connectivity index (χ0) is 33.7. The fraction of sp³-hybridized carbons (Fsp3) is 0.850. The Kier molecular flexibility index (Phi) is 10.5. The van der Waals surface area contributed by atoms with E-state index in [0.717, 1.165) is 0 Å². The zero-order valence-electron chi connectivity index (χ0n) is 27.2. The lowest BCUT2D eigenvalue weighted by Crippen LogP contribution is -2.87. The van der Waals surface area contributed by atoms with Gasteiger partial charge in [-0.1, -0.05) is 0 Å². The summed E-state index contributed by atoms with van der Waals surface area (Å²) >= 11 is 0. The van der Waals surface area contributed by atoms with E-state index in [4.69, 9.17) is 63.6 Å². The topological polar surface area (TPSA) is 190 Å². The maximum atomic E-state index is 12.7. The number of rotatable bonds is 12. The molecule has 6 aliphatic heterocycles. The minimum absolute atomic E-state index is 0.0551. The van der Waals surface area contributed by atoms with Crippen LogP contribution in [-0.2, 0) is 78.0 Å². The van der Waals surface area contributed by atoms with E-state index < -0.39 is 88.3 Å². The Morgan fingerprint density at radius 1 is 0.391 bits per heavy atom. The number of hydrogen-bond acceptors (Lipinski definition) is 18. The van der Waals surface area contributed by atoms with Crippen molar-refractivity contribution in [2.45, 2.75) is 90.9 Å². The van der Waals surface area contributed by atoms with Crippen molar-refractivity contribution >= 4 is 88.3 Å². The predicted molar refractivity (Wildman–Crippen MR) is 167 cm³/mol. The van der Waals surface area contributed by atoms with Crippen LogP contribution >= 0.6 is 0 Å². The lowest BCUT2D eigenvalue weighted by Gasteiger charge is -2.61. The monoisotopic (exact) mass is 794 g/mol. The van der Waals surface area contributed by atoms with Crippen LogP contribution in [0.1, 0.15) is 40.0 Å². The summed E-state index contributed by atoms with van der Waals surface area (Å²) in [6.07, 6.45) is -0.439. The molecule has 0 aromatic heterocycles. The number of hydrogen-bond donors (Lipinski definition) is 0. The Labute approximate surface area is 276 Å². The van der Waals surface area contributed by atoms with Crippen molar-refractivity contribution in [1.29, 1.82) is 0 Å². The lowest BCUT2D eigenvalue weighted by molar-refractivity contribution is -0.143. The molecule has 4 atom stereocenters. The highest BCUT2D eigenvalue weighted by Gasteiger charge is 2.80. The lowest BCUT2D eigenvalue weighted by atomic mass is 10.5. The van der Waals surface area contributed by atoms with Gasteiger partial charge in [-0.2, -0.15) is 0 Å². The highest BCUT2D eigenvalue weighted by Crippen LogP contribution is 2.50. The Morgan fingerprint density at radius 2 is 0.609 bits per heavy atom. The molecule has 0 N–H and O–H groups in total. The van der Waals surface area contributed by atoms with Gasteiger partial charge in [0, 0.05) is 70.1 Å². The molecule has 46 heavy (non-hydrogen) atoms. The quantitative estimate of drug-likeness (QED) is 0.158. The molecule has 0 amide bonds. The van der Waals surface area contributed by atoms with Crippen LogP contribution in [0.3, 0.4) is 0 Å². The average molecular weight is 795 g/mol. The number of ether oxygens (including phenoxy) is 3. The first-order chi connectivity index (χ1) is 21.3. The molecule has 6 aliphatic rings. The molecular weight excluding hydrogens is 753 g/mol. The fourth-order valence-corrected chi connectivity index (χ4v) is 52.7. The van der Waals surface area contributed by atoms with Gasteiger partial charge in [0.05, 0.1) is 19.8 Å². The van der Waals surface area contributed by atoms with Gasteiger partial charge in [-0.3, -0.25) is 14.4 Å². The minimum atomic E-state index is -4.23. The molecule has 8 bridgehead atoms. The average Bonchev–Trinajstić information content (AvgIpc) is 2.85. The molecule has 6 rings (SSSR count). The number of carbonyl (C=O) groups is 3. The molecule has 0 aromatic carbocycles. The minimum Gasteiger partial charge on any atom is -0.466 e. The highest BCUT2D eigenvalue weighted by molar-refractivity contribution is 7.02. The summed E-state index contributed by atoms with van der Waals surface area (Å²) < 4.78 is 96.5. The summed E-state index contributed by atoms with van der Waals surface area (Å²) in [5, 5.41) is 0. The Hall–Kier alpha value is -0.335. The Morgan fingerprint density at radius 3 is 0.848 bits per heavy atom. The van der Waals surface area contributed by atoms with Crippen molar-refractivity contribution in [3.8, 4) is 0 Å². The van der Waals surface area contributed by atoms with Crippen LogP contribution in [0.2, 0.25) is 50.9 Å². The van der Waals surface area contributed by atoms with E-state index in [2.05, 4.69) is 0 Å². The van der Waals surface area contributed by atoms with Crippen LogP contribution in [0.25, 0.3) is 0 Å². The fourth-order valence-electron chi connectivity index (χ4n) is 5.99. The third kappa shape index (κ3) is 8.16. The van der Waals surface area contributed by atoms with Crippen LogP contribution < -0.4 is 0 Å². The first-order valence-electron chi connectivity index (χ1n) is 15.2. The van der Waals surface area contributed by atoms with Gasteiger partial charge < -0.3 is 63.6 Å². The first-order valence-corrected chi connectivity index (χ1v) is 32.2. The van der Waals surface area contributed by atoms with Crippen molar-refractivity contribution < 1.29 is 78.0 Å². The maximum absolute atomic E-state index is 12.7. The molecule has 6 saturated heterocycles. The van der Waals surface area contributed by atoms with Gasteiger partial charge in [0.25, 0.3) is 0 Å². The van der Waals surface area contributed by atoms with Gasteiger partial charge in [-0.15, -0.1) is 0 Å². The van der Waals surface area contributed by atoms with E-state index in [-0.39, 0.29) is 57.2 Å². The van der Waals surface area contributed by atoms with E-state index >= 15 is 0 Å². The molecule has 18 nitrogen and oxygen atoms in total. The summed E-state index contributed by atoms with van der Waals surface area (Å²) in [5.41, 5.74) is 0. The molecule has 4 unspecified atom stereocenters. The van der Waals surface area contributed by atoms with Crippen molar-refractivity contribution in [1.82, 2.24) is 0 Å². The number of esters is 3. The molecule has 0 aromatic rings. The molecule has 0 spiro atoms. The van der Waals surface area contributed by atoms with Gasteiger partial charge in [-0.25, -0.2) is 0 Å². The Bertz CT molecular complexity index is 1180. The smallest absolute Gasteiger partial charge is 0.466 e. The van der Waals surface area contributed by atoms with Crippen molar-refractivity contribution in [3.05, 3.63) is 0 Å². The van der Waals surface area contributed by atoms with Crippen LogP contribution in [0.15, 0.2) is 0 Å². The second-order valence-corrected chi connectivity index (χ2v) is 35.5. The van der Waals surface area contributed by atoms with E-state index in [0.29, 0.717) is 0 Å². The summed E-state index contributed by atoms with van der Waals surface area (Å²) in [7, 11) is -32.3. The summed E-state index contributed by atoms with van der Waals surface area (Å²) in [6, 6.07) is -0.256. The molecule has 0 aliphatic carbocycles. The van der Waals surface area contributed by atoms with Gasteiger partial charge in [-0.05, 0) is 20.8 Å². The summed E-state index contributed by atoms with van der Waals surface area (Å²) in [6.45, 7) is 13.7.